The molecule has 0 saturated carbocycles. The highest BCUT2D eigenvalue weighted by Crippen LogP contribution is 2.22. The lowest BCUT2D eigenvalue weighted by Gasteiger charge is -2.08. The normalized spacial score (nSPS) is 15.0. The third-order valence-corrected chi connectivity index (χ3v) is 4.39. The molecule has 0 atom stereocenters. The quantitative estimate of drug-likeness (QED) is 0.780. The van der Waals surface area contributed by atoms with Crippen molar-refractivity contribution >= 4 is 23.6 Å². The Morgan fingerprint density at radius 1 is 0.538 bits per heavy atom. The molecule has 0 fully saturated rings. The molecule has 4 amide bonds. The van der Waals surface area contributed by atoms with Crippen molar-refractivity contribution in [3.05, 3.63) is 70.8 Å². The van der Waals surface area contributed by atoms with E-state index >= 15 is 0 Å². The van der Waals surface area contributed by atoms with Crippen LogP contribution in [0, 0.1) is 0 Å². The van der Waals surface area contributed by atoms with Crippen LogP contribution in [0.4, 0.5) is 0 Å². The molecule has 0 aliphatic carbocycles. The lowest BCUT2D eigenvalue weighted by Crippen LogP contribution is -2.29. The van der Waals surface area contributed by atoms with Crippen LogP contribution in [0.1, 0.15) is 55.3 Å². The highest BCUT2D eigenvalue weighted by molar-refractivity contribution is 6.21. The highest BCUT2D eigenvalue weighted by Gasteiger charge is 2.34. The molecule has 0 unspecified atom stereocenters. The van der Waals surface area contributed by atoms with Crippen LogP contribution in [0.2, 0.25) is 0 Å². The van der Waals surface area contributed by atoms with E-state index in [1.807, 2.05) is 0 Å². The fourth-order valence-corrected chi connectivity index (χ4v) is 3.05. The van der Waals surface area contributed by atoms with Gasteiger partial charge < -0.3 is 0 Å². The van der Waals surface area contributed by atoms with Crippen LogP contribution in [0.25, 0.3) is 0 Å². The van der Waals surface area contributed by atoms with Gasteiger partial charge in [-0.2, -0.15) is 0 Å². The maximum absolute atomic E-state index is 11.5. The minimum Gasteiger partial charge on any atom is -0.275 e. The molecule has 0 saturated heterocycles. The average Bonchev–Trinajstić information content (AvgIpc) is 3.07. The number of benzene rings is 2. The fourth-order valence-electron chi connectivity index (χ4n) is 3.05. The number of fused-ring (bicyclic) bond motifs is 2. The molecule has 0 aromatic heterocycles. The van der Waals surface area contributed by atoms with Gasteiger partial charge in [0.1, 0.15) is 0 Å². The molecule has 4 rings (SSSR count). The molecule has 2 aromatic carbocycles. The minimum absolute atomic E-state index is 0.178. The Bertz CT molecular complexity index is 774. The lowest BCUT2D eigenvalue weighted by atomic mass is 10.1. The second-order valence-corrected chi connectivity index (χ2v) is 5.80. The van der Waals surface area contributed by atoms with Crippen LogP contribution in [0.3, 0.4) is 0 Å². The summed E-state index contributed by atoms with van der Waals surface area (Å²) in [5.41, 5.74) is 2.09. The molecule has 132 valence electrons. The SMILES string of the molecule is CCN1C(=O)c2ccccc2C1=O.CCN1C(=O)c2ccccc2C1=O. The first-order chi connectivity index (χ1) is 12.5. The third-order valence-electron chi connectivity index (χ3n) is 4.39. The molecule has 2 aromatic rings. The summed E-state index contributed by atoms with van der Waals surface area (Å²) in [4.78, 5) is 48.7. The smallest absolute Gasteiger partial charge is 0.261 e. The van der Waals surface area contributed by atoms with Gasteiger partial charge in [-0.3, -0.25) is 29.0 Å². The van der Waals surface area contributed by atoms with Crippen molar-refractivity contribution in [1.29, 1.82) is 0 Å². The van der Waals surface area contributed by atoms with E-state index < -0.39 is 0 Å². The van der Waals surface area contributed by atoms with Crippen LogP contribution in [0.15, 0.2) is 48.5 Å². The lowest BCUT2D eigenvalue weighted by molar-refractivity contribution is 0.0647. The van der Waals surface area contributed by atoms with Crippen molar-refractivity contribution in [2.45, 2.75) is 13.8 Å². The number of carbonyl (C=O) groups excluding carboxylic acids is 4. The van der Waals surface area contributed by atoms with Gasteiger partial charge in [-0.25, -0.2) is 0 Å². The number of nitrogens with zero attached hydrogens (tertiary/aromatic N) is 2. The molecule has 6 heteroatoms. The number of carbonyl (C=O) groups is 4. The van der Waals surface area contributed by atoms with Gasteiger partial charge in [-0.1, -0.05) is 24.3 Å². The largest absolute Gasteiger partial charge is 0.275 e. The fraction of sp³-hybridized carbons (Fsp3) is 0.200. The molecule has 0 radical (unpaired) electrons. The van der Waals surface area contributed by atoms with E-state index in [4.69, 9.17) is 0 Å². The van der Waals surface area contributed by atoms with E-state index in [2.05, 4.69) is 0 Å². The topological polar surface area (TPSA) is 74.8 Å². The average molecular weight is 350 g/mol. The van der Waals surface area contributed by atoms with Crippen LogP contribution in [-0.2, 0) is 0 Å². The van der Waals surface area contributed by atoms with Gasteiger partial charge in [0.05, 0.1) is 22.3 Å². The second kappa shape index (κ2) is 6.92. The first-order valence-corrected chi connectivity index (χ1v) is 8.41. The molecule has 0 N–H and O–H groups in total. The standard InChI is InChI=1S/2C10H9NO2/c2*1-2-11-9(12)7-5-3-4-6-8(7)10(11)13/h2*3-6H,2H2,1H3. The Labute approximate surface area is 151 Å². The zero-order chi connectivity index (χ0) is 18.8. The Morgan fingerprint density at radius 3 is 0.962 bits per heavy atom. The summed E-state index contributed by atoms with van der Waals surface area (Å²) in [6, 6.07) is 13.8. The molecular formula is C20H18N2O4. The van der Waals surface area contributed by atoms with Crippen LogP contribution in [0.5, 0.6) is 0 Å². The van der Waals surface area contributed by atoms with E-state index in [9.17, 15) is 19.2 Å². The Kier molecular flexibility index (Phi) is 4.67. The van der Waals surface area contributed by atoms with Gasteiger partial charge in [0, 0.05) is 13.1 Å². The Hall–Kier alpha value is -3.28. The highest BCUT2D eigenvalue weighted by atomic mass is 16.2. The van der Waals surface area contributed by atoms with Crippen LogP contribution >= 0.6 is 0 Å². The Morgan fingerprint density at radius 2 is 0.769 bits per heavy atom. The molecule has 6 nitrogen and oxygen atoms in total. The van der Waals surface area contributed by atoms with Crippen LogP contribution in [-0.4, -0.2) is 46.5 Å². The predicted molar refractivity (Wildman–Crippen MR) is 95.0 cm³/mol. The zero-order valence-corrected chi connectivity index (χ0v) is 14.6. The van der Waals surface area contributed by atoms with E-state index in [1.165, 1.54) is 9.80 Å². The van der Waals surface area contributed by atoms with E-state index in [0.29, 0.717) is 35.3 Å². The van der Waals surface area contributed by atoms with Crippen molar-refractivity contribution in [1.82, 2.24) is 9.80 Å². The molecule has 2 aliphatic heterocycles. The molecule has 2 heterocycles. The summed E-state index contributed by atoms with van der Waals surface area (Å²) >= 11 is 0. The molecule has 26 heavy (non-hydrogen) atoms. The monoisotopic (exact) mass is 350 g/mol. The summed E-state index contributed by atoms with van der Waals surface area (Å²) in [5, 5.41) is 0. The van der Waals surface area contributed by atoms with Crippen molar-refractivity contribution in [3.8, 4) is 0 Å². The number of amides is 4. The van der Waals surface area contributed by atoms with Gasteiger partial charge in [-0.15, -0.1) is 0 Å². The third kappa shape index (κ3) is 2.69. The van der Waals surface area contributed by atoms with Gasteiger partial charge in [0.2, 0.25) is 0 Å². The number of hydrogen-bond acceptors (Lipinski definition) is 4. The summed E-state index contributed by atoms with van der Waals surface area (Å²) in [7, 11) is 0. The summed E-state index contributed by atoms with van der Waals surface area (Å²) in [6.07, 6.45) is 0. The van der Waals surface area contributed by atoms with Gasteiger partial charge in [-0.05, 0) is 38.1 Å². The Balaban J connectivity index is 0.000000151. The van der Waals surface area contributed by atoms with E-state index in [1.54, 1.807) is 62.4 Å². The van der Waals surface area contributed by atoms with Gasteiger partial charge in [0.15, 0.2) is 0 Å². The van der Waals surface area contributed by atoms with E-state index in [0.717, 1.165) is 0 Å². The summed E-state index contributed by atoms with van der Waals surface area (Å²) < 4.78 is 0. The van der Waals surface area contributed by atoms with Gasteiger partial charge >= 0.3 is 0 Å². The van der Waals surface area contributed by atoms with Crippen molar-refractivity contribution in [2.75, 3.05) is 13.1 Å². The minimum atomic E-state index is -0.178. The summed E-state index contributed by atoms with van der Waals surface area (Å²) in [5.74, 6) is -0.711. The van der Waals surface area contributed by atoms with E-state index in [-0.39, 0.29) is 23.6 Å². The predicted octanol–water partition coefficient (Wildman–Crippen LogP) is 2.61. The molecule has 0 bridgehead atoms. The number of hydrogen-bond donors (Lipinski definition) is 0. The second-order valence-electron chi connectivity index (χ2n) is 5.80. The van der Waals surface area contributed by atoms with Gasteiger partial charge in [0.25, 0.3) is 23.6 Å². The van der Waals surface area contributed by atoms with Crippen molar-refractivity contribution in [2.24, 2.45) is 0 Å². The van der Waals surface area contributed by atoms with Crippen molar-refractivity contribution in [3.63, 3.8) is 0 Å². The molecule has 0 spiro atoms. The van der Waals surface area contributed by atoms with Crippen LogP contribution < -0.4 is 0 Å². The number of rotatable bonds is 2. The zero-order valence-electron chi connectivity index (χ0n) is 14.6. The first kappa shape index (κ1) is 17.5. The number of imide groups is 2. The maximum atomic E-state index is 11.5. The maximum Gasteiger partial charge on any atom is 0.261 e. The first-order valence-electron chi connectivity index (χ1n) is 8.41. The van der Waals surface area contributed by atoms with Crippen molar-refractivity contribution < 1.29 is 19.2 Å². The molecule has 2 aliphatic rings. The summed E-state index contributed by atoms with van der Waals surface area (Å²) in [6.45, 7) is 4.46. The molecular weight excluding hydrogens is 332 g/mol.